The molecule has 0 radical (unpaired) electrons. The summed E-state index contributed by atoms with van der Waals surface area (Å²) in [6.45, 7) is -0.0964. The first kappa shape index (κ1) is 20.4. The van der Waals surface area contributed by atoms with E-state index in [2.05, 4.69) is 11.1 Å². The highest BCUT2D eigenvalue weighted by Gasteiger charge is 2.51. The van der Waals surface area contributed by atoms with Gasteiger partial charge in [-0.1, -0.05) is 78.1 Å². The molecule has 0 unspecified atom stereocenters. The molecule has 3 atom stereocenters. The molecule has 1 aliphatic rings. The van der Waals surface area contributed by atoms with E-state index in [1.807, 2.05) is 65.7 Å². The molecule has 1 aliphatic heterocycles. The summed E-state index contributed by atoms with van der Waals surface area (Å²) in [6, 6.07) is 25.9. The average molecular weight is 442 g/mol. The van der Waals surface area contributed by atoms with Crippen LogP contribution in [0.25, 0.3) is 21.6 Å². The van der Waals surface area contributed by atoms with Crippen LogP contribution in [0.1, 0.15) is 11.5 Å². The van der Waals surface area contributed by atoms with Crippen LogP contribution in [0.2, 0.25) is 0 Å². The van der Waals surface area contributed by atoms with Crippen molar-refractivity contribution in [1.29, 1.82) is 5.26 Å². The quantitative estimate of drug-likeness (QED) is 0.446. The second-order valence-electron chi connectivity index (χ2n) is 7.72. The Hall–Kier alpha value is -3.53. The highest BCUT2D eigenvalue weighted by atomic mass is 32.1. The summed E-state index contributed by atoms with van der Waals surface area (Å²) in [4.78, 5) is 7.51. The monoisotopic (exact) mass is 441 g/mol. The van der Waals surface area contributed by atoms with Crippen LogP contribution in [0.4, 0.5) is 9.52 Å². The van der Waals surface area contributed by atoms with Gasteiger partial charge in [-0.3, -0.25) is 0 Å². The van der Waals surface area contributed by atoms with Crippen LogP contribution in [0.15, 0.2) is 85.1 Å². The van der Waals surface area contributed by atoms with Gasteiger partial charge in [-0.05, 0) is 34.4 Å². The molecule has 2 heterocycles. The first-order chi connectivity index (χ1) is 15.7. The van der Waals surface area contributed by atoms with Crippen molar-refractivity contribution in [3.63, 3.8) is 0 Å². The molecule has 158 valence electrons. The minimum Gasteiger partial charge on any atom is -0.394 e. The van der Waals surface area contributed by atoms with E-state index < -0.39 is 6.04 Å². The molecule has 1 N–H and O–H groups in total. The SMILES string of the molecule is N#C[C@H]1[C@H](c2ccccc2-c2ccc(F)cc2)[C@H](CO)N1c1ncc(-c2ccccc2)s1. The number of thiazole rings is 1. The first-order valence-corrected chi connectivity index (χ1v) is 11.2. The Bertz CT molecular complexity index is 1270. The molecule has 0 saturated carbocycles. The summed E-state index contributed by atoms with van der Waals surface area (Å²) < 4.78 is 13.4. The standard InChI is InChI=1S/C26H20FN3OS/c27-19-12-10-17(11-13-19)20-8-4-5-9-21(20)25-22(14-28)30(23(25)16-31)26-29-15-24(32-26)18-6-2-1-3-7-18/h1-13,15,22-23,25,31H,16H2/t22-,23-,25-/m0/s1. The molecule has 0 amide bonds. The molecule has 5 rings (SSSR count). The molecular weight excluding hydrogens is 421 g/mol. The number of halogens is 1. The van der Waals surface area contributed by atoms with Gasteiger partial charge in [0.15, 0.2) is 5.13 Å². The van der Waals surface area contributed by atoms with Gasteiger partial charge in [0.25, 0.3) is 0 Å². The summed E-state index contributed by atoms with van der Waals surface area (Å²) in [5, 5.41) is 21.0. The Labute approximate surface area is 189 Å². The number of nitrogens with zero attached hydrogens (tertiary/aromatic N) is 3. The van der Waals surface area contributed by atoms with E-state index in [0.717, 1.165) is 32.3 Å². The highest BCUT2D eigenvalue weighted by molar-refractivity contribution is 7.18. The molecule has 0 bridgehead atoms. The van der Waals surface area contributed by atoms with E-state index in [1.54, 1.807) is 12.1 Å². The van der Waals surface area contributed by atoms with Gasteiger partial charge in [0.05, 0.1) is 23.6 Å². The maximum atomic E-state index is 13.4. The molecule has 0 aliphatic carbocycles. The third kappa shape index (κ3) is 3.46. The number of hydrogen-bond acceptors (Lipinski definition) is 5. The van der Waals surface area contributed by atoms with Gasteiger partial charge in [0, 0.05) is 12.1 Å². The fourth-order valence-corrected chi connectivity index (χ4v) is 5.46. The Balaban J connectivity index is 1.50. The van der Waals surface area contributed by atoms with Crippen LogP contribution in [-0.2, 0) is 0 Å². The zero-order chi connectivity index (χ0) is 22.1. The lowest BCUT2D eigenvalue weighted by Gasteiger charge is -2.52. The van der Waals surface area contributed by atoms with Crippen molar-refractivity contribution < 1.29 is 9.50 Å². The van der Waals surface area contributed by atoms with Gasteiger partial charge < -0.3 is 10.0 Å². The predicted octanol–water partition coefficient (Wildman–Crippen LogP) is 5.47. The van der Waals surface area contributed by atoms with Crippen molar-refractivity contribution in [2.24, 2.45) is 0 Å². The fourth-order valence-electron chi connectivity index (χ4n) is 4.44. The second-order valence-corrected chi connectivity index (χ2v) is 8.73. The summed E-state index contributed by atoms with van der Waals surface area (Å²) in [6.07, 6.45) is 1.82. The minimum absolute atomic E-state index is 0.0964. The maximum Gasteiger partial charge on any atom is 0.187 e. The number of aliphatic hydroxyl groups excluding tert-OH is 1. The third-order valence-corrected chi connectivity index (χ3v) is 7.04. The number of aliphatic hydroxyl groups is 1. The average Bonchev–Trinajstić information content (AvgIpc) is 3.30. The minimum atomic E-state index is -0.455. The second kappa shape index (κ2) is 8.54. The van der Waals surface area contributed by atoms with Crippen molar-refractivity contribution in [2.75, 3.05) is 11.5 Å². The van der Waals surface area contributed by atoms with Crippen LogP contribution in [0, 0.1) is 17.1 Å². The van der Waals surface area contributed by atoms with E-state index in [4.69, 9.17) is 0 Å². The van der Waals surface area contributed by atoms with Crippen molar-refractivity contribution in [3.05, 3.63) is 96.4 Å². The molecule has 0 spiro atoms. The number of anilines is 1. The van der Waals surface area contributed by atoms with Crippen LogP contribution in [0.5, 0.6) is 0 Å². The smallest absolute Gasteiger partial charge is 0.187 e. The predicted molar refractivity (Wildman–Crippen MR) is 125 cm³/mol. The fraction of sp³-hybridized carbons (Fsp3) is 0.154. The van der Waals surface area contributed by atoms with Crippen molar-refractivity contribution >= 4 is 16.5 Å². The summed E-state index contributed by atoms with van der Waals surface area (Å²) in [5.74, 6) is -0.475. The Morgan fingerprint density at radius 3 is 2.41 bits per heavy atom. The molecule has 1 saturated heterocycles. The van der Waals surface area contributed by atoms with Crippen LogP contribution >= 0.6 is 11.3 Å². The van der Waals surface area contributed by atoms with Gasteiger partial charge >= 0.3 is 0 Å². The lowest BCUT2D eigenvalue weighted by molar-refractivity contribution is 0.188. The number of hydrogen-bond donors (Lipinski definition) is 1. The third-order valence-electron chi connectivity index (χ3n) is 5.98. The molecule has 32 heavy (non-hydrogen) atoms. The van der Waals surface area contributed by atoms with Crippen LogP contribution in [0.3, 0.4) is 0 Å². The largest absolute Gasteiger partial charge is 0.394 e. The molecule has 4 aromatic rings. The lowest BCUT2D eigenvalue weighted by atomic mass is 9.74. The van der Waals surface area contributed by atoms with Gasteiger partial charge in [-0.2, -0.15) is 5.26 Å². The van der Waals surface area contributed by atoms with Crippen molar-refractivity contribution in [2.45, 2.75) is 18.0 Å². The molecule has 6 heteroatoms. The van der Waals surface area contributed by atoms with E-state index in [9.17, 15) is 14.8 Å². The number of nitriles is 1. The van der Waals surface area contributed by atoms with Gasteiger partial charge in [-0.25, -0.2) is 9.37 Å². The topological polar surface area (TPSA) is 60.1 Å². The highest BCUT2D eigenvalue weighted by Crippen LogP contribution is 2.47. The normalized spacial score (nSPS) is 19.9. The van der Waals surface area contributed by atoms with E-state index >= 15 is 0 Å². The Morgan fingerprint density at radius 2 is 1.69 bits per heavy atom. The summed E-state index contributed by atoms with van der Waals surface area (Å²) >= 11 is 1.52. The maximum absolute atomic E-state index is 13.4. The van der Waals surface area contributed by atoms with Gasteiger partial charge in [0.2, 0.25) is 0 Å². The van der Waals surface area contributed by atoms with Crippen LogP contribution in [-0.4, -0.2) is 28.8 Å². The van der Waals surface area contributed by atoms with Crippen LogP contribution < -0.4 is 4.90 Å². The molecular formula is C26H20FN3OS. The summed E-state index contributed by atoms with van der Waals surface area (Å²) in [7, 11) is 0. The Kier molecular flexibility index (Phi) is 5.44. The zero-order valence-electron chi connectivity index (χ0n) is 17.1. The van der Waals surface area contributed by atoms with Gasteiger partial charge in [0.1, 0.15) is 11.9 Å². The van der Waals surface area contributed by atoms with E-state index in [1.165, 1.54) is 23.5 Å². The molecule has 4 nitrogen and oxygen atoms in total. The van der Waals surface area contributed by atoms with E-state index in [-0.39, 0.29) is 24.4 Å². The molecule has 3 aromatic carbocycles. The molecule has 1 aromatic heterocycles. The number of benzene rings is 3. The lowest BCUT2D eigenvalue weighted by Crippen LogP contribution is -2.63. The molecule has 1 fully saturated rings. The number of rotatable bonds is 5. The van der Waals surface area contributed by atoms with Gasteiger partial charge in [-0.15, -0.1) is 0 Å². The zero-order valence-corrected chi connectivity index (χ0v) is 17.9. The van der Waals surface area contributed by atoms with Crippen molar-refractivity contribution in [1.82, 2.24) is 4.98 Å². The number of aromatic nitrogens is 1. The summed E-state index contributed by atoms with van der Waals surface area (Å²) in [5.41, 5.74) is 3.87. The first-order valence-electron chi connectivity index (χ1n) is 10.4. The van der Waals surface area contributed by atoms with Crippen molar-refractivity contribution in [3.8, 4) is 27.6 Å². The van der Waals surface area contributed by atoms with E-state index in [0.29, 0.717) is 0 Å². The Morgan fingerprint density at radius 1 is 0.969 bits per heavy atom.